The number of halogens is 3. The molecule has 2 amide bonds. The number of carbonyl (C=O) groups excluding carboxylic acids is 2. The van der Waals surface area contributed by atoms with E-state index in [-0.39, 0.29) is 35.0 Å². The van der Waals surface area contributed by atoms with Gasteiger partial charge in [-0.1, -0.05) is 47.8 Å². The number of nitrogens with zero attached hydrogens (tertiary/aromatic N) is 4. The zero-order valence-corrected chi connectivity index (χ0v) is 22.5. The van der Waals surface area contributed by atoms with E-state index in [0.717, 1.165) is 31.2 Å². The number of aromatic nitrogens is 2. The van der Waals surface area contributed by atoms with Crippen LogP contribution in [-0.4, -0.2) is 64.3 Å². The summed E-state index contributed by atoms with van der Waals surface area (Å²) in [5, 5.41) is 4.79. The number of likely N-dealkylation sites (tertiary alicyclic amines) is 2. The Morgan fingerprint density at radius 1 is 1.03 bits per heavy atom. The number of hydrogen-bond acceptors (Lipinski definition) is 5. The normalized spacial score (nSPS) is 23.6. The molecule has 1 saturated carbocycles. The molecule has 0 unspecified atom stereocenters. The molecule has 1 aliphatic carbocycles. The fourth-order valence-corrected chi connectivity index (χ4v) is 5.78. The summed E-state index contributed by atoms with van der Waals surface area (Å²) >= 11 is 18.4. The van der Waals surface area contributed by atoms with Crippen molar-refractivity contribution in [2.45, 2.75) is 38.5 Å². The van der Waals surface area contributed by atoms with Crippen molar-refractivity contribution in [3.05, 3.63) is 51.2 Å². The van der Waals surface area contributed by atoms with Crippen LogP contribution in [0.5, 0.6) is 0 Å². The fourth-order valence-electron chi connectivity index (χ4n) is 5.38. The molecule has 1 aromatic carbocycles. The van der Waals surface area contributed by atoms with Crippen LogP contribution in [0.15, 0.2) is 30.6 Å². The van der Waals surface area contributed by atoms with Gasteiger partial charge in [0.05, 0.1) is 27.5 Å². The van der Waals surface area contributed by atoms with E-state index in [4.69, 9.17) is 34.8 Å². The molecule has 192 valence electrons. The van der Waals surface area contributed by atoms with Crippen molar-refractivity contribution < 1.29 is 9.59 Å². The Bertz CT molecular complexity index is 1130. The highest BCUT2D eigenvalue weighted by Crippen LogP contribution is 2.47. The van der Waals surface area contributed by atoms with E-state index in [1.54, 1.807) is 12.4 Å². The lowest BCUT2D eigenvalue weighted by Gasteiger charge is -2.34. The van der Waals surface area contributed by atoms with Crippen LogP contribution in [0.3, 0.4) is 0 Å². The molecule has 10 heteroatoms. The Labute approximate surface area is 226 Å². The summed E-state index contributed by atoms with van der Waals surface area (Å²) in [6, 6.07) is 5.70. The van der Waals surface area contributed by atoms with Crippen molar-refractivity contribution in [1.29, 1.82) is 0 Å². The molecule has 3 fully saturated rings. The SMILES string of the molecule is CC1(C(=O)N2CCC(C(=O)N3C[C@H](CNc4ncc(Cl)cn4)[C@@H](c4ccc(Cl)c(Cl)c4)C3)CC2)CC1. The minimum atomic E-state index is -0.160. The van der Waals surface area contributed by atoms with Crippen molar-refractivity contribution in [3.63, 3.8) is 0 Å². The molecule has 0 spiro atoms. The average Bonchev–Trinajstić information content (AvgIpc) is 3.50. The molecule has 0 bridgehead atoms. The molecule has 1 N–H and O–H groups in total. The number of rotatable bonds is 6. The fraction of sp³-hybridized carbons (Fsp3) is 0.538. The van der Waals surface area contributed by atoms with Crippen LogP contribution in [0.1, 0.15) is 44.1 Å². The molecule has 2 saturated heterocycles. The molecule has 1 aromatic heterocycles. The first-order valence-electron chi connectivity index (χ1n) is 12.5. The molecule has 0 radical (unpaired) electrons. The molecular weight excluding hydrogens is 521 g/mol. The summed E-state index contributed by atoms with van der Waals surface area (Å²) in [6.45, 7) is 5.20. The lowest BCUT2D eigenvalue weighted by atomic mass is 9.89. The number of carbonyl (C=O) groups is 2. The van der Waals surface area contributed by atoms with Crippen LogP contribution in [0, 0.1) is 17.3 Å². The van der Waals surface area contributed by atoms with Crippen molar-refractivity contribution in [1.82, 2.24) is 19.8 Å². The molecule has 36 heavy (non-hydrogen) atoms. The highest BCUT2D eigenvalue weighted by atomic mass is 35.5. The monoisotopic (exact) mass is 549 g/mol. The van der Waals surface area contributed by atoms with E-state index in [9.17, 15) is 9.59 Å². The predicted octanol–water partition coefficient (Wildman–Crippen LogP) is 5.13. The average molecular weight is 551 g/mol. The van der Waals surface area contributed by atoms with Gasteiger partial charge in [-0.2, -0.15) is 0 Å². The van der Waals surface area contributed by atoms with Crippen LogP contribution < -0.4 is 5.32 Å². The Hall–Kier alpha value is -2.09. The van der Waals surface area contributed by atoms with Gasteiger partial charge in [-0.05, 0) is 43.4 Å². The van der Waals surface area contributed by atoms with Gasteiger partial charge in [0.2, 0.25) is 17.8 Å². The zero-order chi connectivity index (χ0) is 25.4. The Morgan fingerprint density at radius 2 is 1.72 bits per heavy atom. The van der Waals surface area contributed by atoms with Crippen molar-refractivity contribution in [2.75, 3.05) is 38.0 Å². The third kappa shape index (κ3) is 5.43. The molecule has 2 atom stereocenters. The maximum absolute atomic E-state index is 13.6. The third-order valence-electron chi connectivity index (χ3n) is 7.91. The topological polar surface area (TPSA) is 78.4 Å². The van der Waals surface area contributed by atoms with E-state index in [1.807, 2.05) is 34.9 Å². The highest BCUT2D eigenvalue weighted by molar-refractivity contribution is 6.42. The van der Waals surface area contributed by atoms with Gasteiger partial charge < -0.3 is 15.1 Å². The van der Waals surface area contributed by atoms with Gasteiger partial charge in [0, 0.05) is 55.9 Å². The van der Waals surface area contributed by atoms with Gasteiger partial charge in [-0.3, -0.25) is 9.59 Å². The van der Waals surface area contributed by atoms with E-state index in [1.165, 1.54) is 0 Å². The van der Waals surface area contributed by atoms with E-state index >= 15 is 0 Å². The van der Waals surface area contributed by atoms with Gasteiger partial charge >= 0.3 is 0 Å². The molecule has 3 heterocycles. The van der Waals surface area contributed by atoms with Crippen LogP contribution in [0.25, 0.3) is 0 Å². The second-order valence-corrected chi connectivity index (χ2v) is 11.8. The van der Waals surface area contributed by atoms with Crippen LogP contribution in [0.2, 0.25) is 15.1 Å². The van der Waals surface area contributed by atoms with E-state index in [0.29, 0.717) is 53.7 Å². The number of nitrogens with one attached hydrogen (secondary N) is 1. The molecular formula is C26H30Cl3N5O2. The molecule has 7 nitrogen and oxygen atoms in total. The lowest BCUT2D eigenvalue weighted by Crippen LogP contribution is -2.45. The second-order valence-electron chi connectivity index (χ2n) is 10.5. The summed E-state index contributed by atoms with van der Waals surface area (Å²) in [6.07, 6.45) is 6.50. The van der Waals surface area contributed by atoms with Crippen molar-refractivity contribution >= 4 is 52.6 Å². The largest absolute Gasteiger partial charge is 0.354 e. The first-order valence-corrected chi connectivity index (χ1v) is 13.6. The summed E-state index contributed by atoms with van der Waals surface area (Å²) in [5.41, 5.74) is 0.897. The first-order chi connectivity index (χ1) is 17.2. The van der Waals surface area contributed by atoms with Gasteiger partial charge in [0.1, 0.15) is 0 Å². The smallest absolute Gasteiger partial charge is 0.228 e. The maximum Gasteiger partial charge on any atom is 0.228 e. The van der Waals surface area contributed by atoms with Crippen molar-refractivity contribution in [3.8, 4) is 0 Å². The number of amides is 2. The molecule has 2 aliphatic heterocycles. The number of hydrogen-bond donors (Lipinski definition) is 1. The molecule has 5 rings (SSSR count). The van der Waals surface area contributed by atoms with Gasteiger partial charge in [0.25, 0.3) is 0 Å². The summed E-state index contributed by atoms with van der Waals surface area (Å²) in [7, 11) is 0. The van der Waals surface area contributed by atoms with Gasteiger partial charge in [-0.25, -0.2) is 9.97 Å². The summed E-state index contributed by atoms with van der Waals surface area (Å²) in [5.74, 6) is 1.11. The standard InChI is InChI=1S/C26H30Cl3N5O2/c1-26(6-7-26)24(36)33-8-4-16(5-9-33)23(35)34-14-18(11-30-25-31-12-19(27)13-32-25)20(15-34)17-2-3-21(28)22(29)10-17/h2-3,10,12-13,16,18,20H,4-9,11,14-15H2,1H3,(H,30,31,32)/t18-,20+/m0/s1. The van der Waals surface area contributed by atoms with E-state index < -0.39 is 0 Å². The Kier molecular flexibility index (Phi) is 7.34. The van der Waals surface area contributed by atoms with Crippen LogP contribution >= 0.6 is 34.8 Å². The second kappa shape index (κ2) is 10.3. The number of benzene rings is 1. The van der Waals surface area contributed by atoms with E-state index in [2.05, 4.69) is 15.3 Å². The van der Waals surface area contributed by atoms with Gasteiger partial charge in [0.15, 0.2) is 0 Å². The number of piperidine rings is 1. The predicted molar refractivity (Wildman–Crippen MR) is 141 cm³/mol. The molecule has 2 aromatic rings. The van der Waals surface area contributed by atoms with Gasteiger partial charge in [-0.15, -0.1) is 0 Å². The summed E-state index contributed by atoms with van der Waals surface area (Å²) in [4.78, 5) is 38.7. The Balaban J connectivity index is 1.26. The maximum atomic E-state index is 13.6. The summed E-state index contributed by atoms with van der Waals surface area (Å²) < 4.78 is 0. The quantitative estimate of drug-likeness (QED) is 0.539. The number of anilines is 1. The van der Waals surface area contributed by atoms with Crippen LogP contribution in [0.4, 0.5) is 5.95 Å². The lowest BCUT2D eigenvalue weighted by molar-refractivity contribution is -0.142. The van der Waals surface area contributed by atoms with Crippen LogP contribution in [-0.2, 0) is 9.59 Å². The highest BCUT2D eigenvalue weighted by Gasteiger charge is 2.48. The minimum Gasteiger partial charge on any atom is -0.354 e. The Morgan fingerprint density at radius 3 is 2.36 bits per heavy atom. The first kappa shape index (κ1) is 25.6. The molecule has 3 aliphatic rings. The zero-order valence-electron chi connectivity index (χ0n) is 20.2. The third-order valence-corrected chi connectivity index (χ3v) is 8.85. The van der Waals surface area contributed by atoms with Crippen molar-refractivity contribution in [2.24, 2.45) is 17.3 Å². The minimum absolute atomic E-state index is 0.0539.